The molecule has 0 aliphatic heterocycles. The maximum Gasteiger partial charge on any atom is 0.469 e. The number of phosphoric ester groups is 1. The third-order valence-electron chi connectivity index (χ3n) is 5.68. The minimum atomic E-state index is -4.45. The first kappa shape index (κ1) is 16.9. The quantitative estimate of drug-likeness (QED) is 0.680. The molecule has 5 atom stereocenters. The SMILES string of the molecule is CC1C[C@@H]1C1CC(n2cnc3c(N)ncnc32)CC1COP(=O)(O)O. The molecule has 2 aromatic rings. The Labute approximate surface area is 144 Å². The summed E-state index contributed by atoms with van der Waals surface area (Å²) in [6, 6.07) is 0.169. The van der Waals surface area contributed by atoms with E-state index in [4.69, 9.17) is 20.0 Å². The molecule has 2 aromatic heterocycles. The number of hydrogen-bond donors (Lipinski definition) is 3. The Morgan fingerprint density at radius 2 is 2.04 bits per heavy atom. The highest BCUT2D eigenvalue weighted by atomic mass is 31.2. The molecule has 2 saturated carbocycles. The van der Waals surface area contributed by atoms with Gasteiger partial charge in [0.2, 0.25) is 0 Å². The fraction of sp³-hybridized carbons (Fsp3) is 0.667. The topological polar surface area (TPSA) is 136 Å². The van der Waals surface area contributed by atoms with Crippen molar-refractivity contribution in [3.8, 4) is 0 Å². The number of anilines is 1. The number of rotatable bonds is 5. The van der Waals surface area contributed by atoms with Crippen LogP contribution in [0.1, 0.15) is 32.2 Å². The van der Waals surface area contributed by atoms with E-state index in [1.807, 2.05) is 4.57 Å². The van der Waals surface area contributed by atoms with Gasteiger partial charge in [0.15, 0.2) is 11.5 Å². The molecule has 2 aliphatic rings. The highest BCUT2D eigenvalue weighted by molar-refractivity contribution is 7.46. The summed E-state index contributed by atoms with van der Waals surface area (Å²) in [5.41, 5.74) is 7.16. The van der Waals surface area contributed by atoms with E-state index in [1.165, 1.54) is 12.7 Å². The molecule has 2 fully saturated rings. The maximum absolute atomic E-state index is 11.1. The summed E-state index contributed by atoms with van der Waals surface area (Å²) in [4.78, 5) is 30.7. The first-order valence-electron chi connectivity index (χ1n) is 8.46. The summed E-state index contributed by atoms with van der Waals surface area (Å²) in [5, 5.41) is 0. The van der Waals surface area contributed by atoms with Crippen molar-refractivity contribution in [2.75, 3.05) is 12.3 Å². The lowest BCUT2D eigenvalue weighted by molar-refractivity contribution is 0.145. The molecule has 136 valence electrons. The van der Waals surface area contributed by atoms with Crippen LogP contribution in [0.25, 0.3) is 11.2 Å². The van der Waals surface area contributed by atoms with Crippen molar-refractivity contribution in [1.29, 1.82) is 0 Å². The Morgan fingerprint density at radius 1 is 1.28 bits per heavy atom. The summed E-state index contributed by atoms with van der Waals surface area (Å²) < 4.78 is 17.9. The van der Waals surface area contributed by atoms with E-state index in [0.717, 1.165) is 12.8 Å². The zero-order valence-corrected chi connectivity index (χ0v) is 14.8. The van der Waals surface area contributed by atoms with Gasteiger partial charge in [-0.15, -0.1) is 0 Å². The van der Waals surface area contributed by atoms with Gasteiger partial charge in [-0.25, -0.2) is 19.5 Å². The van der Waals surface area contributed by atoms with Gasteiger partial charge in [-0.05, 0) is 42.9 Å². The van der Waals surface area contributed by atoms with Crippen molar-refractivity contribution in [3.63, 3.8) is 0 Å². The van der Waals surface area contributed by atoms with E-state index >= 15 is 0 Å². The zero-order chi connectivity index (χ0) is 17.8. The molecule has 10 heteroatoms. The predicted molar refractivity (Wildman–Crippen MR) is 90.3 cm³/mol. The molecular formula is C15H22N5O4P. The zero-order valence-electron chi connectivity index (χ0n) is 13.9. The summed E-state index contributed by atoms with van der Waals surface area (Å²) in [6.07, 6.45) is 6.05. The fourth-order valence-electron chi connectivity index (χ4n) is 4.35. The molecule has 0 radical (unpaired) electrons. The summed E-state index contributed by atoms with van der Waals surface area (Å²) in [6.45, 7) is 2.30. The van der Waals surface area contributed by atoms with E-state index in [0.29, 0.717) is 34.7 Å². The molecular weight excluding hydrogens is 345 g/mol. The molecule has 2 heterocycles. The number of nitrogens with zero attached hydrogens (tertiary/aromatic N) is 4. The first-order chi connectivity index (χ1) is 11.8. The van der Waals surface area contributed by atoms with Crippen molar-refractivity contribution in [2.45, 2.75) is 32.2 Å². The van der Waals surface area contributed by atoms with Gasteiger partial charge in [0, 0.05) is 6.04 Å². The molecule has 4 unspecified atom stereocenters. The average molecular weight is 367 g/mol. The maximum atomic E-state index is 11.1. The Morgan fingerprint density at radius 3 is 2.72 bits per heavy atom. The Bertz CT molecular complexity index is 836. The number of aromatic nitrogens is 4. The van der Waals surface area contributed by atoms with Crippen LogP contribution in [0, 0.1) is 23.7 Å². The molecule has 0 bridgehead atoms. The number of nitrogens with two attached hydrogens (primary N) is 1. The van der Waals surface area contributed by atoms with Crippen LogP contribution in [0.4, 0.5) is 5.82 Å². The molecule has 0 amide bonds. The monoisotopic (exact) mass is 367 g/mol. The molecule has 4 rings (SSSR count). The van der Waals surface area contributed by atoms with Crippen LogP contribution in [0.2, 0.25) is 0 Å². The lowest BCUT2D eigenvalue weighted by Crippen LogP contribution is -2.16. The van der Waals surface area contributed by atoms with Gasteiger partial charge in [0.1, 0.15) is 11.8 Å². The van der Waals surface area contributed by atoms with Gasteiger partial charge >= 0.3 is 7.82 Å². The van der Waals surface area contributed by atoms with Crippen LogP contribution in [0.5, 0.6) is 0 Å². The summed E-state index contributed by atoms with van der Waals surface area (Å²) >= 11 is 0. The largest absolute Gasteiger partial charge is 0.469 e. The Balaban J connectivity index is 1.58. The number of imidazole rings is 1. The average Bonchev–Trinajstić information content (AvgIpc) is 2.97. The van der Waals surface area contributed by atoms with E-state index in [1.54, 1.807) is 6.33 Å². The fourth-order valence-corrected chi connectivity index (χ4v) is 4.73. The normalized spacial score (nSPS) is 32.4. The van der Waals surface area contributed by atoms with Crippen LogP contribution >= 0.6 is 7.82 Å². The van der Waals surface area contributed by atoms with Crippen LogP contribution in [-0.4, -0.2) is 35.9 Å². The highest BCUT2D eigenvalue weighted by Gasteiger charge is 2.48. The second-order valence-corrected chi connectivity index (χ2v) is 8.53. The van der Waals surface area contributed by atoms with Crippen molar-refractivity contribution in [1.82, 2.24) is 19.5 Å². The lowest BCUT2D eigenvalue weighted by Gasteiger charge is -2.19. The highest BCUT2D eigenvalue weighted by Crippen LogP contribution is 2.55. The predicted octanol–water partition coefficient (Wildman–Crippen LogP) is 1.74. The molecule has 0 saturated heterocycles. The van der Waals surface area contributed by atoms with E-state index < -0.39 is 7.82 Å². The van der Waals surface area contributed by atoms with Crippen molar-refractivity contribution in [2.24, 2.45) is 23.7 Å². The molecule has 9 nitrogen and oxygen atoms in total. The minimum Gasteiger partial charge on any atom is -0.382 e. The van der Waals surface area contributed by atoms with Gasteiger partial charge < -0.3 is 20.1 Å². The van der Waals surface area contributed by atoms with Gasteiger partial charge in [-0.3, -0.25) is 4.52 Å². The molecule has 4 N–H and O–H groups in total. The van der Waals surface area contributed by atoms with Crippen LogP contribution in [0.15, 0.2) is 12.7 Å². The van der Waals surface area contributed by atoms with E-state index in [-0.39, 0.29) is 18.6 Å². The lowest BCUT2D eigenvalue weighted by atomic mass is 9.91. The second kappa shape index (κ2) is 6.02. The number of nitrogen functional groups attached to an aromatic ring is 1. The molecule has 25 heavy (non-hydrogen) atoms. The Hall–Kier alpha value is -1.54. The Kier molecular flexibility index (Phi) is 4.07. The van der Waals surface area contributed by atoms with Crippen LogP contribution in [0.3, 0.4) is 0 Å². The van der Waals surface area contributed by atoms with Gasteiger partial charge in [-0.1, -0.05) is 6.92 Å². The molecule has 2 aliphatic carbocycles. The smallest absolute Gasteiger partial charge is 0.382 e. The third-order valence-corrected chi connectivity index (χ3v) is 6.17. The van der Waals surface area contributed by atoms with Crippen molar-refractivity contribution in [3.05, 3.63) is 12.7 Å². The summed E-state index contributed by atoms with van der Waals surface area (Å²) in [5.74, 6) is 2.13. The number of phosphoric acid groups is 1. The van der Waals surface area contributed by atoms with Crippen LogP contribution < -0.4 is 5.73 Å². The standard InChI is InChI=1S/C15H22N5O4P/c1-8-2-11(8)12-4-10(3-9(12)5-24-25(21,22)23)20-7-19-13-14(16)17-6-18-15(13)20/h6-12H,2-5H2,1H3,(H2,16,17,18)(H2,21,22,23)/t8?,9?,10?,11-,12?/m0/s1. The number of hydrogen-bond acceptors (Lipinski definition) is 6. The van der Waals surface area contributed by atoms with Gasteiger partial charge in [0.05, 0.1) is 12.9 Å². The van der Waals surface area contributed by atoms with Crippen LogP contribution in [-0.2, 0) is 9.09 Å². The van der Waals surface area contributed by atoms with E-state index in [2.05, 4.69) is 21.9 Å². The number of fused-ring (bicyclic) bond motifs is 1. The second-order valence-electron chi connectivity index (χ2n) is 7.30. The molecule has 0 spiro atoms. The van der Waals surface area contributed by atoms with Crippen molar-refractivity contribution < 1.29 is 18.9 Å². The van der Waals surface area contributed by atoms with Gasteiger partial charge in [-0.2, -0.15) is 0 Å². The third kappa shape index (κ3) is 3.29. The van der Waals surface area contributed by atoms with E-state index in [9.17, 15) is 4.57 Å². The van der Waals surface area contributed by atoms with Crippen molar-refractivity contribution >= 4 is 24.8 Å². The summed E-state index contributed by atoms with van der Waals surface area (Å²) in [7, 11) is -4.45. The minimum absolute atomic E-state index is 0.0818. The first-order valence-corrected chi connectivity index (χ1v) is 9.99. The van der Waals surface area contributed by atoms with Gasteiger partial charge in [0.25, 0.3) is 0 Å². The molecule has 0 aromatic carbocycles.